The van der Waals surface area contributed by atoms with Crippen molar-refractivity contribution in [3.63, 3.8) is 0 Å². The Balaban J connectivity index is 2.18. The number of benzene rings is 1. The summed E-state index contributed by atoms with van der Waals surface area (Å²) in [6.45, 7) is 1.22. The fourth-order valence-electron chi connectivity index (χ4n) is 2.53. The fourth-order valence-corrected chi connectivity index (χ4v) is 2.92. The highest BCUT2D eigenvalue weighted by Crippen LogP contribution is 2.25. The highest BCUT2D eigenvalue weighted by molar-refractivity contribution is 9.10. The Morgan fingerprint density at radius 1 is 1.42 bits per heavy atom. The Labute approximate surface area is 120 Å². The van der Waals surface area contributed by atoms with E-state index in [1.165, 1.54) is 6.07 Å². The molecule has 2 rings (SSSR count). The molecule has 0 aromatic heterocycles. The van der Waals surface area contributed by atoms with Crippen LogP contribution in [-0.4, -0.2) is 28.6 Å². The molecule has 0 spiro atoms. The second-order valence-corrected chi connectivity index (χ2v) is 5.68. The Morgan fingerprint density at radius 2 is 2.21 bits per heavy atom. The lowest BCUT2D eigenvalue weighted by Crippen LogP contribution is -2.40. The number of halogens is 2. The van der Waals surface area contributed by atoms with Crippen LogP contribution in [0.1, 0.15) is 31.2 Å². The summed E-state index contributed by atoms with van der Waals surface area (Å²) in [5.41, 5.74) is 0.799. The molecule has 0 amide bonds. The molecule has 1 atom stereocenters. The molecule has 5 heteroatoms. The average molecular weight is 330 g/mol. The standard InChI is InChI=1S/C14H17BrFNO2/c15-13-10(5-4-6-11(13)16)9-17-8-3-1-2-7-12(17)14(18)19/h4-6,12H,1-3,7-9H2,(H,18,19). The van der Waals surface area contributed by atoms with Gasteiger partial charge in [0.2, 0.25) is 0 Å². The van der Waals surface area contributed by atoms with Crippen molar-refractivity contribution < 1.29 is 14.3 Å². The molecular formula is C14H17BrFNO2. The van der Waals surface area contributed by atoms with E-state index in [0.717, 1.165) is 31.4 Å². The maximum Gasteiger partial charge on any atom is 0.320 e. The van der Waals surface area contributed by atoms with E-state index in [4.69, 9.17) is 0 Å². The number of likely N-dealkylation sites (tertiary alicyclic amines) is 1. The van der Waals surface area contributed by atoms with Crippen LogP contribution < -0.4 is 0 Å². The number of aliphatic carboxylic acids is 1. The zero-order chi connectivity index (χ0) is 13.8. The van der Waals surface area contributed by atoms with Gasteiger partial charge in [-0.15, -0.1) is 0 Å². The van der Waals surface area contributed by atoms with Gasteiger partial charge in [-0.25, -0.2) is 4.39 Å². The largest absolute Gasteiger partial charge is 0.480 e. The molecule has 1 aliphatic rings. The number of carboxylic acids is 1. The zero-order valence-electron chi connectivity index (χ0n) is 10.6. The van der Waals surface area contributed by atoms with Crippen LogP contribution in [0.5, 0.6) is 0 Å². The van der Waals surface area contributed by atoms with Gasteiger partial charge in [0.05, 0.1) is 4.47 Å². The first-order chi connectivity index (χ1) is 9.09. The van der Waals surface area contributed by atoms with Crippen molar-refractivity contribution in [3.05, 3.63) is 34.1 Å². The van der Waals surface area contributed by atoms with Crippen LogP contribution >= 0.6 is 15.9 Å². The van der Waals surface area contributed by atoms with Crippen molar-refractivity contribution in [2.24, 2.45) is 0 Å². The summed E-state index contributed by atoms with van der Waals surface area (Å²) in [5, 5.41) is 9.31. The third-order valence-electron chi connectivity index (χ3n) is 3.55. The molecule has 1 N–H and O–H groups in total. The van der Waals surface area contributed by atoms with Crippen LogP contribution in [0.3, 0.4) is 0 Å². The second kappa shape index (κ2) is 6.48. The summed E-state index contributed by atoms with van der Waals surface area (Å²) in [6.07, 6.45) is 3.67. The average Bonchev–Trinajstić information content (AvgIpc) is 2.60. The van der Waals surface area contributed by atoms with E-state index in [9.17, 15) is 14.3 Å². The van der Waals surface area contributed by atoms with Gasteiger partial charge in [-0.05, 0) is 46.9 Å². The van der Waals surface area contributed by atoms with Gasteiger partial charge in [0.1, 0.15) is 11.9 Å². The summed E-state index contributed by atoms with van der Waals surface area (Å²) in [5.74, 6) is -1.09. The summed E-state index contributed by atoms with van der Waals surface area (Å²) in [6, 6.07) is 4.42. The molecule has 0 bridgehead atoms. The zero-order valence-corrected chi connectivity index (χ0v) is 12.2. The van der Waals surface area contributed by atoms with Gasteiger partial charge in [0.25, 0.3) is 0 Å². The first-order valence-corrected chi connectivity index (χ1v) is 7.28. The van der Waals surface area contributed by atoms with Crippen molar-refractivity contribution >= 4 is 21.9 Å². The lowest BCUT2D eigenvalue weighted by Gasteiger charge is -2.27. The van der Waals surface area contributed by atoms with E-state index in [1.807, 2.05) is 11.0 Å². The van der Waals surface area contributed by atoms with E-state index in [0.29, 0.717) is 17.4 Å². The molecule has 1 aromatic rings. The van der Waals surface area contributed by atoms with Crippen molar-refractivity contribution in [1.29, 1.82) is 0 Å². The van der Waals surface area contributed by atoms with Crippen LogP contribution in [0.2, 0.25) is 0 Å². The molecule has 1 saturated heterocycles. The Bertz CT molecular complexity index is 467. The van der Waals surface area contributed by atoms with Crippen molar-refractivity contribution in [1.82, 2.24) is 4.90 Å². The number of hydrogen-bond donors (Lipinski definition) is 1. The Kier molecular flexibility index (Phi) is 4.93. The van der Waals surface area contributed by atoms with Crippen molar-refractivity contribution in [2.45, 2.75) is 38.3 Å². The predicted octanol–water partition coefficient (Wildman–Crippen LogP) is 3.42. The summed E-state index contributed by atoms with van der Waals surface area (Å²) in [7, 11) is 0. The topological polar surface area (TPSA) is 40.5 Å². The van der Waals surface area contributed by atoms with E-state index < -0.39 is 12.0 Å². The van der Waals surface area contributed by atoms with Crippen molar-refractivity contribution in [2.75, 3.05) is 6.54 Å². The first-order valence-electron chi connectivity index (χ1n) is 6.49. The first kappa shape index (κ1) is 14.5. The van der Waals surface area contributed by atoms with Crippen molar-refractivity contribution in [3.8, 4) is 0 Å². The monoisotopic (exact) mass is 329 g/mol. The van der Waals surface area contributed by atoms with E-state index in [-0.39, 0.29) is 5.82 Å². The molecule has 0 saturated carbocycles. The van der Waals surface area contributed by atoms with E-state index >= 15 is 0 Å². The minimum absolute atomic E-state index is 0.306. The highest BCUT2D eigenvalue weighted by Gasteiger charge is 2.27. The molecule has 3 nitrogen and oxygen atoms in total. The molecule has 19 heavy (non-hydrogen) atoms. The van der Waals surface area contributed by atoms with Crippen LogP contribution in [0.4, 0.5) is 4.39 Å². The number of hydrogen-bond acceptors (Lipinski definition) is 2. The maximum absolute atomic E-state index is 13.5. The smallest absolute Gasteiger partial charge is 0.320 e. The molecule has 104 valence electrons. The Hall–Kier alpha value is -0.940. The van der Waals surface area contributed by atoms with Gasteiger partial charge in [0.15, 0.2) is 0 Å². The quantitative estimate of drug-likeness (QED) is 0.923. The van der Waals surface area contributed by atoms with Gasteiger partial charge in [-0.2, -0.15) is 0 Å². The number of carbonyl (C=O) groups is 1. The van der Waals surface area contributed by atoms with E-state index in [2.05, 4.69) is 15.9 Å². The maximum atomic E-state index is 13.5. The third-order valence-corrected chi connectivity index (χ3v) is 4.44. The second-order valence-electron chi connectivity index (χ2n) is 4.89. The van der Waals surface area contributed by atoms with Gasteiger partial charge in [0, 0.05) is 6.54 Å². The minimum atomic E-state index is -0.783. The lowest BCUT2D eigenvalue weighted by molar-refractivity contribution is -0.143. The molecule has 0 aliphatic carbocycles. The van der Waals surface area contributed by atoms with Gasteiger partial charge < -0.3 is 5.11 Å². The van der Waals surface area contributed by atoms with Crippen LogP contribution in [0.25, 0.3) is 0 Å². The molecule has 1 fully saturated rings. The summed E-state index contributed by atoms with van der Waals surface area (Å²) < 4.78 is 13.9. The highest BCUT2D eigenvalue weighted by atomic mass is 79.9. The van der Waals surface area contributed by atoms with Crippen LogP contribution in [0.15, 0.2) is 22.7 Å². The number of nitrogens with zero attached hydrogens (tertiary/aromatic N) is 1. The lowest BCUT2D eigenvalue weighted by atomic mass is 10.1. The summed E-state index contributed by atoms with van der Waals surface area (Å²) >= 11 is 3.23. The van der Waals surface area contributed by atoms with E-state index in [1.54, 1.807) is 6.07 Å². The molecule has 1 aromatic carbocycles. The number of carboxylic acid groups (broad SMARTS) is 1. The van der Waals surface area contributed by atoms with Gasteiger partial charge in [-0.3, -0.25) is 9.69 Å². The predicted molar refractivity (Wildman–Crippen MR) is 74.4 cm³/mol. The summed E-state index contributed by atoms with van der Waals surface area (Å²) in [4.78, 5) is 13.3. The van der Waals surface area contributed by atoms with Gasteiger partial charge >= 0.3 is 5.97 Å². The fraction of sp³-hybridized carbons (Fsp3) is 0.500. The van der Waals surface area contributed by atoms with Crippen LogP contribution in [-0.2, 0) is 11.3 Å². The minimum Gasteiger partial charge on any atom is -0.480 e. The molecule has 1 heterocycles. The molecule has 1 unspecified atom stereocenters. The molecule has 0 radical (unpaired) electrons. The third kappa shape index (κ3) is 3.54. The van der Waals surface area contributed by atoms with Gasteiger partial charge in [-0.1, -0.05) is 25.0 Å². The Morgan fingerprint density at radius 3 is 2.95 bits per heavy atom. The van der Waals surface area contributed by atoms with Crippen LogP contribution in [0, 0.1) is 5.82 Å². The normalized spacial score (nSPS) is 21.1. The molecular weight excluding hydrogens is 313 g/mol. The SMILES string of the molecule is O=C(O)C1CCCCCN1Cc1cccc(F)c1Br. The molecule has 1 aliphatic heterocycles. The number of rotatable bonds is 3.